The Morgan fingerprint density at radius 2 is 2.00 bits per heavy atom. The fourth-order valence-electron chi connectivity index (χ4n) is 3.99. The molecule has 0 amide bonds. The van der Waals surface area contributed by atoms with Crippen LogP contribution in [0.2, 0.25) is 0 Å². The van der Waals surface area contributed by atoms with E-state index in [1.165, 1.54) is 37.9 Å². The molecule has 0 aliphatic carbocycles. The highest BCUT2D eigenvalue weighted by atomic mass is 32.2. The first kappa shape index (κ1) is 20.6. The SMILES string of the molecule is COc1cccc(-c2nc3c(c(SCCN4CCCCC4)n2)COC(C)(C)C3)c1. The topological polar surface area (TPSA) is 47.5 Å². The van der Waals surface area contributed by atoms with E-state index < -0.39 is 0 Å². The Morgan fingerprint density at radius 3 is 2.79 bits per heavy atom. The van der Waals surface area contributed by atoms with E-state index in [0.717, 1.165) is 46.6 Å². The van der Waals surface area contributed by atoms with Gasteiger partial charge in [0, 0.05) is 29.8 Å². The molecular formula is C23H31N3O2S. The molecule has 1 saturated heterocycles. The van der Waals surface area contributed by atoms with Crippen LogP contribution in [0, 0.1) is 0 Å². The number of aromatic nitrogens is 2. The van der Waals surface area contributed by atoms with Crippen LogP contribution >= 0.6 is 11.8 Å². The number of methoxy groups -OCH3 is 1. The van der Waals surface area contributed by atoms with E-state index in [1.807, 2.05) is 30.0 Å². The van der Waals surface area contributed by atoms with Crippen molar-refractivity contribution in [3.05, 3.63) is 35.5 Å². The van der Waals surface area contributed by atoms with Crippen molar-refractivity contribution in [2.24, 2.45) is 0 Å². The summed E-state index contributed by atoms with van der Waals surface area (Å²) in [4.78, 5) is 12.5. The van der Waals surface area contributed by atoms with Gasteiger partial charge in [-0.15, -0.1) is 11.8 Å². The molecule has 5 nitrogen and oxygen atoms in total. The summed E-state index contributed by atoms with van der Waals surface area (Å²) in [6.07, 6.45) is 4.84. The van der Waals surface area contributed by atoms with Crippen LogP contribution in [-0.4, -0.2) is 53.0 Å². The molecule has 1 aromatic heterocycles. The maximum atomic E-state index is 6.09. The van der Waals surface area contributed by atoms with Crippen LogP contribution < -0.4 is 4.74 Å². The largest absolute Gasteiger partial charge is 0.497 e. The summed E-state index contributed by atoms with van der Waals surface area (Å²) in [6.45, 7) is 8.43. The number of nitrogens with zero attached hydrogens (tertiary/aromatic N) is 3. The van der Waals surface area contributed by atoms with E-state index in [1.54, 1.807) is 7.11 Å². The molecule has 0 bridgehead atoms. The molecule has 2 aliphatic rings. The van der Waals surface area contributed by atoms with Gasteiger partial charge in [-0.2, -0.15) is 0 Å². The molecule has 4 rings (SSSR count). The van der Waals surface area contributed by atoms with Gasteiger partial charge in [0.15, 0.2) is 5.82 Å². The Morgan fingerprint density at radius 1 is 1.17 bits per heavy atom. The summed E-state index contributed by atoms with van der Waals surface area (Å²) in [7, 11) is 1.69. The second-order valence-corrected chi connectivity index (χ2v) is 9.57. The number of hydrogen-bond donors (Lipinski definition) is 0. The van der Waals surface area contributed by atoms with Gasteiger partial charge >= 0.3 is 0 Å². The number of benzene rings is 1. The third-order valence-electron chi connectivity index (χ3n) is 5.68. The highest BCUT2D eigenvalue weighted by Gasteiger charge is 2.30. The third-order valence-corrected chi connectivity index (χ3v) is 6.68. The molecule has 0 radical (unpaired) electrons. The summed E-state index contributed by atoms with van der Waals surface area (Å²) >= 11 is 1.84. The van der Waals surface area contributed by atoms with E-state index in [9.17, 15) is 0 Å². The quantitative estimate of drug-likeness (QED) is 0.510. The third kappa shape index (κ3) is 5.11. The molecule has 0 N–H and O–H groups in total. The zero-order valence-corrected chi connectivity index (χ0v) is 18.6. The number of fused-ring (bicyclic) bond motifs is 1. The van der Waals surface area contributed by atoms with Gasteiger partial charge in [-0.1, -0.05) is 18.6 Å². The van der Waals surface area contributed by atoms with Gasteiger partial charge in [0.05, 0.1) is 25.0 Å². The van der Waals surface area contributed by atoms with Crippen LogP contribution in [0.5, 0.6) is 5.75 Å². The smallest absolute Gasteiger partial charge is 0.160 e. The molecule has 156 valence electrons. The molecular weight excluding hydrogens is 382 g/mol. The van der Waals surface area contributed by atoms with Crippen LogP contribution in [0.15, 0.2) is 29.3 Å². The van der Waals surface area contributed by atoms with Crippen LogP contribution in [0.25, 0.3) is 11.4 Å². The Labute approximate surface area is 178 Å². The first-order chi connectivity index (χ1) is 14.0. The molecule has 2 aromatic rings. The van der Waals surface area contributed by atoms with Gasteiger partial charge in [0.25, 0.3) is 0 Å². The average Bonchev–Trinajstić information content (AvgIpc) is 2.73. The number of rotatable bonds is 6. The number of hydrogen-bond acceptors (Lipinski definition) is 6. The number of ether oxygens (including phenoxy) is 2. The van der Waals surface area contributed by atoms with Crippen molar-refractivity contribution in [3.63, 3.8) is 0 Å². The van der Waals surface area contributed by atoms with Gasteiger partial charge in [-0.3, -0.25) is 0 Å². The van der Waals surface area contributed by atoms with Gasteiger partial charge in [-0.25, -0.2) is 9.97 Å². The maximum absolute atomic E-state index is 6.09. The van der Waals surface area contributed by atoms with E-state index in [2.05, 4.69) is 24.8 Å². The lowest BCUT2D eigenvalue weighted by atomic mass is 9.96. The lowest BCUT2D eigenvalue weighted by Gasteiger charge is -2.32. The van der Waals surface area contributed by atoms with Crippen LogP contribution in [0.1, 0.15) is 44.4 Å². The number of likely N-dealkylation sites (tertiary alicyclic amines) is 1. The van der Waals surface area contributed by atoms with Crippen molar-refractivity contribution in [3.8, 4) is 17.1 Å². The summed E-state index contributed by atoms with van der Waals surface area (Å²) in [5.41, 5.74) is 3.09. The Kier molecular flexibility index (Phi) is 6.42. The van der Waals surface area contributed by atoms with Crippen LogP contribution in [0.3, 0.4) is 0 Å². The fraction of sp³-hybridized carbons (Fsp3) is 0.565. The summed E-state index contributed by atoms with van der Waals surface area (Å²) in [6, 6.07) is 8.01. The number of thioether (sulfide) groups is 1. The molecule has 0 spiro atoms. The van der Waals surface area contributed by atoms with Crippen molar-refractivity contribution in [1.82, 2.24) is 14.9 Å². The monoisotopic (exact) mass is 413 g/mol. The van der Waals surface area contributed by atoms with Crippen molar-refractivity contribution in [2.75, 3.05) is 32.5 Å². The van der Waals surface area contributed by atoms with E-state index in [4.69, 9.17) is 19.4 Å². The molecule has 0 saturated carbocycles. The minimum absolute atomic E-state index is 0.192. The molecule has 29 heavy (non-hydrogen) atoms. The van der Waals surface area contributed by atoms with E-state index in [0.29, 0.717) is 6.61 Å². The Hall–Kier alpha value is -1.63. The van der Waals surface area contributed by atoms with Gasteiger partial charge in [0.2, 0.25) is 0 Å². The lowest BCUT2D eigenvalue weighted by Crippen LogP contribution is -2.33. The molecule has 1 aromatic carbocycles. The molecule has 0 atom stereocenters. The zero-order valence-electron chi connectivity index (χ0n) is 17.7. The second kappa shape index (κ2) is 9.02. The highest BCUT2D eigenvalue weighted by molar-refractivity contribution is 7.99. The molecule has 6 heteroatoms. The Balaban J connectivity index is 1.59. The van der Waals surface area contributed by atoms with E-state index >= 15 is 0 Å². The van der Waals surface area contributed by atoms with Crippen LogP contribution in [0.4, 0.5) is 0 Å². The standard InChI is InChI=1S/C23H31N3O2S/c1-23(2)15-20-19(16-28-23)22(29-13-12-26-10-5-4-6-11-26)25-21(24-20)17-8-7-9-18(14-17)27-3/h7-9,14H,4-6,10-13,15-16H2,1-3H3. The summed E-state index contributed by atoms with van der Waals surface area (Å²) < 4.78 is 11.5. The van der Waals surface area contributed by atoms with Crippen molar-refractivity contribution < 1.29 is 9.47 Å². The predicted molar refractivity (Wildman–Crippen MR) is 118 cm³/mol. The maximum Gasteiger partial charge on any atom is 0.160 e. The fourth-order valence-corrected chi connectivity index (χ4v) is 5.03. The minimum atomic E-state index is -0.192. The molecule has 2 aliphatic heterocycles. The first-order valence-corrected chi connectivity index (χ1v) is 11.6. The molecule has 0 unspecified atom stereocenters. The van der Waals surface area contributed by atoms with Gasteiger partial charge in [0.1, 0.15) is 10.8 Å². The normalized spacial score (nSPS) is 19.0. The van der Waals surface area contributed by atoms with Crippen molar-refractivity contribution in [1.29, 1.82) is 0 Å². The first-order valence-electron chi connectivity index (χ1n) is 10.6. The second-order valence-electron chi connectivity index (χ2n) is 8.49. The van der Waals surface area contributed by atoms with Gasteiger partial charge in [-0.05, 0) is 51.9 Å². The lowest BCUT2D eigenvalue weighted by molar-refractivity contribution is -0.0428. The van der Waals surface area contributed by atoms with E-state index in [-0.39, 0.29) is 5.60 Å². The van der Waals surface area contributed by atoms with Crippen molar-refractivity contribution in [2.45, 2.75) is 56.8 Å². The predicted octanol–water partition coefficient (Wildman–Crippen LogP) is 4.58. The van der Waals surface area contributed by atoms with Crippen molar-refractivity contribution >= 4 is 11.8 Å². The van der Waals surface area contributed by atoms with Crippen LogP contribution in [-0.2, 0) is 17.8 Å². The zero-order chi connectivity index (χ0) is 20.3. The molecule has 3 heterocycles. The average molecular weight is 414 g/mol. The molecule has 1 fully saturated rings. The Bertz CT molecular complexity index is 850. The van der Waals surface area contributed by atoms with Gasteiger partial charge < -0.3 is 14.4 Å². The highest BCUT2D eigenvalue weighted by Crippen LogP contribution is 2.34. The summed E-state index contributed by atoms with van der Waals surface area (Å²) in [5.74, 6) is 2.65. The number of piperidine rings is 1. The minimum Gasteiger partial charge on any atom is -0.497 e. The summed E-state index contributed by atoms with van der Waals surface area (Å²) in [5, 5.41) is 1.07.